The SMILES string of the molecule is C[C@H](CN)CCC(N)=O. The molecule has 1 amide bonds. The summed E-state index contributed by atoms with van der Waals surface area (Å²) in [5.41, 5.74) is 10.2. The zero-order valence-electron chi connectivity index (χ0n) is 5.76. The molecule has 0 bridgehead atoms. The summed E-state index contributed by atoms with van der Waals surface area (Å²) in [4.78, 5) is 10.2. The predicted molar refractivity (Wildman–Crippen MR) is 36.6 cm³/mol. The van der Waals surface area contributed by atoms with Gasteiger partial charge in [-0.1, -0.05) is 6.92 Å². The minimum atomic E-state index is -0.240. The molecule has 0 saturated heterocycles. The Labute approximate surface area is 55.4 Å². The second-order valence-electron chi connectivity index (χ2n) is 2.35. The second kappa shape index (κ2) is 4.32. The molecule has 3 heteroatoms. The molecule has 0 aliphatic heterocycles. The topological polar surface area (TPSA) is 69.1 Å². The van der Waals surface area contributed by atoms with Crippen LogP contribution in [0, 0.1) is 5.92 Å². The summed E-state index contributed by atoms with van der Waals surface area (Å²) in [5, 5.41) is 0. The van der Waals surface area contributed by atoms with E-state index in [0.717, 1.165) is 6.42 Å². The maximum Gasteiger partial charge on any atom is 0.217 e. The van der Waals surface area contributed by atoms with Crippen molar-refractivity contribution in [2.24, 2.45) is 17.4 Å². The van der Waals surface area contributed by atoms with Gasteiger partial charge in [0.25, 0.3) is 0 Å². The Morgan fingerprint density at radius 3 is 2.56 bits per heavy atom. The van der Waals surface area contributed by atoms with Gasteiger partial charge in [-0.2, -0.15) is 0 Å². The quantitative estimate of drug-likeness (QED) is 0.555. The van der Waals surface area contributed by atoms with E-state index in [2.05, 4.69) is 0 Å². The molecule has 0 radical (unpaired) electrons. The molecule has 0 aliphatic carbocycles. The fraction of sp³-hybridized carbons (Fsp3) is 0.833. The van der Waals surface area contributed by atoms with Gasteiger partial charge in [-0.3, -0.25) is 4.79 Å². The van der Waals surface area contributed by atoms with Crippen LogP contribution in [0.15, 0.2) is 0 Å². The third-order valence-electron chi connectivity index (χ3n) is 1.29. The molecule has 4 N–H and O–H groups in total. The van der Waals surface area contributed by atoms with Gasteiger partial charge in [0, 0.05) is 6.42 Å². The Balaban J connectivity index is 3.16. The average molecular weight is 130 g/mol. The van der Waals surface area contributed by atoms with Crippen LogP contribution in [0.2, 0.25) is 0 Å². The summed E-state index contributed by atoms with van der Waals surface area (Å²) in [6, 6.07) is 0. The molecule has 3 nitrogen and oxygen atoms in total. The van der Waals surface area contributed by atoms with Gasteiger partial charge in [0.1, 0.15) is 0 Å². The van der Waals surface area contributed by atoms with Crippen molar-refractivity contribution in [2.45, 2.75) is 19.8 Å². The third-order valence-corrected chi connectivity index (χ3v) is 1.29. The molecular formula is C6H14N2O. The van der Waals surface area contributed by atoms with Gasteiger partial charge in [-0.25, -0.2) is 0 Å². The Kier molecular flexibility index (Phi) is 4.05. The minimum Gasteiger partial charge on any atom is -0.370 e. The highest BCUT2D eigenvalue weighted by atomic mass is 16.1. The lowest BCUT2D eigenvalue weighted by Crippen LogP contribution is -2.16. The smallest absolute Gasteiger partial charge is 0.217 e. The van der Waals surface area contributed by atoms with Gasteiger partial charge < -0.3 is 11.5 Å². The number of primary amides is 1. The van der Waals surface area contributed by atoms with E-state index in [4.69, 9.17) is 11.5 Å². The lowest BCUT2D eigenvalue weighted by atomic mass is 10.1. The highest BCUT2D eigenvalue weighted by Crippen LogP contribution is 2.01. The standard InChI is InChI=1S/C6H14N2O/c1-5(4-7)2-3-6(8)9/h5H,2-4,7H2,1H3,(H2,8,9)/t5-/m0/s1. The van der Waals surface area contributed by atoms with Gasteiger partial charge in [0.2, 0.25) is 5.91 Å². The first kappa shape index (κ1) is 8.43. The lowest BCUT2D eigenvalue weighted by Gasteiger charge is -2.03. The number of carbonyl (C=O) groups excluding carboxylic acids is 1. The van der Waals surface area contributed by atoms with Crippen LogP contribution in [0.3, 0.4) is 0 Å². The molecule has 0 heterocycles. The first-order chi connectivity index (χ1) is 4.16. The summed E-state index contributed by atoms with van der Waals surface area (Å²) in [5.74, 6) is 0.174. The molecule has 0 aromatic heterocycles. The molecule has 0 spiro atoms. The van der Waals surface area contributed by atoms with Crippen LogP contribution in [0.5, 0.6) is 0 Å². The number of hydrogen-bond acceptors (Lipinski definition) is 2. The molecule has 0 aromatic carbocycles. The van der Waals surface area contributed by atoms with E-state index < -0.39 is 0 Å². The maximum atomic E-state index is 10.2. The summed E-state index contributed by atoms with van der Waals surface area (Å²) in [6.45, 7) is 2.64. The fourth-order valence-electron chi connectivity index (χ4n) is 0.507. The Morgan fingerprint density at radius 1 is 1.67 bits per heavy atom. The van der Waals surface area contributed by atoms with Crippen LogP contribution >= 0.6 is 0 Å². The number of carbonyl (C=O) groups is 1. The van der Waals surface area contributed by atoms with Gasteiger partial charge in [-0.15, -0.1) is 0 Å². The monoisotopic (exact) mass is 130 g/mol. The van der Waals surface area contributed by atoms with E-state index in [0.29, 0.717) is 18.9 Å². The van der Waals surface area contributed by atoms with Crippen LogP contribution in [0.1, 0.15) is 19.8 Å². The number of amides is 1. The first-order valence-electron chi connectivity index (χ1n) is 3.15. The van der Waals surface area contributed by atoms with E-state index in [1.54, 1.807) is 0 Å². The van der Waals surface area contributed by atoms with Crippen molar-refractivity contribution in [3.63, 3.8) is 0 Å². The van der Waals surface area contributed by atoms with Crippen molar-refractivity contribution in [2.75, 3.05) is 6.54 Å². The minimum absolute atomic E-state index is 0.240. The molecule has 0 saturated carbocycles. The molecule has 0 aliphatic rings. The first-order valence-corrected chi connectivity index (χ1v) is 3.15. The lowest BCUT2D eigenvalue weighted by molar-refractivity contribution is -0.118. The Hall–Kier alpha value is -0.570. The third kappa shape index (κ3) is 5.30. The van der Waals surface area contributed by atoms with E-state index in [-0.39, 0.29) is 5.91 Å². The number of rotatable bonds is 4. The van der Waals surface area contributed by atoms with Gasteiger partial charge in [0.15, 0.2) is 0 Å². The molecule has 1 atom stereocenters. The zero-order chi connectivity index (χ0) is 7.28. The zero-order valence-corrected chi connectivity index (χ0v) is 5.76. The number of nitrogens with two attached hydrogens (primary N) is 2. The highest BCUT2D eigenvalue weighted by molar-refractivity contribution is 5.73. The van der Waals surface area contributed by atoms with Crippen molar-refractivity contribution in [1.29, 1.82) is 0 Å². The predicted octanol–water partition coefficient (Wildman–Crippen LogP) is -0.153. The second-order valence-corrected chi connectivity index (χ2v) is 2.35. The molecule has 54 valence electrons. The van der Waals surface area contributed by atoms with Crippen molar-refractivity contribution in [3.05, 3.63) is 0 Å². The van der Waals surface area contributed by atoms with Crippen LogP contribution in [0.4, 0.5) is 0 Å². The van der Waals surface area contributed by atoms with Crippen LogP contribution in [0.25, 0.3) is 0 Å². The molecule has 0 rings (SSSR count). The highest BCUT2D eigenvalue weighted by Gasteiger charge is 2.00. The summed E-state index contributed by atoms with van der Waals surface area (Å²) in [7, 11) is 0. The van der Waals surface area contributed by atoms with E-state index in [9.17, 15) is 4.79 Å². The van der Waals surface area contributed by atoms with Crippen molar-refractivity contribution in [1.82, 2.24) is 0 Å². The van der Waals surface area contributed by atoms with Crippen LogP contribution in [-0.4, -0.2) is 12.5 Å². The van der Waals surface area contributed by atoms with Gasteiger partial charge >= 0.3 is 0 Å². The molecular weight excluding hydrogens is 116 g/mol. The molecule has 0 aromatic rings. The van der Waals surface area contributed by atoms with Crippen LogP contribution in [-0.2, 0) is 4.79 Å². The summed E-state index contributed by atoms with van der Waals surface area (Å²) in [6.07, 6.45) is 1.27. The van der Waals surface area contributed by atoms with E-state index in [1.165, 1.54) is 0 Å². The molecule has 0 unspecified atom stereocenters. The summed E-state index contributed by atoms with van der Waals surface area (Å²) < 4.78 is 0. The largest absolute Gasteiger partial charge is 0.370 e. The van der Waals surface area contributed by atoms with Crippen LogP contribution < -0.4 is 11.5 Å². The van der Waals surface area contributed by atoms with Crippen molar-refractivity contribution in [3.8, 4) is 0 Å². The summed E-state index contributed by atoms with van der Waals surface area (Å²) >= 11 is 0. The Bertz CT molecular complexity index is 93.1. The van der Waals surface area contributed by atoms with E-state index >= 15 is 0 Å². The van der Waals surface area contributed by atoms with E-state index in [1.807, 2.05) is 6.92 Å². The average Bonchev–Trinajstić information content (AvgIpc) is 1.83. The van der Waals surface area contributed by atoms with Gasteiger partial charge in [0.05, 0.1) is 0 Å². The molecule has 0 fully saturated rings. The van der Waals surface area contributed by atoms with Crippen molar-refractivity contribution < 1.29 is 4.79 Å². The molecule has 9 heavy (non-hydrogen) atoms. The normalized spacial score (nSPS) is 13.1. The maximum absolute atomic E-state index is 10.2. The van der Waals surface area contributed by atoms with Crippen molar-refractivity contribution >= 4 is 5.91 Å². The van der Waals surface area contributed by atoms with Gasteiger partial charge in [-0.05, 0) is 18.9 Å². The Morgan fingerprint density at radius 2 is 2.22 bits per heavy atom. The fourth-order valence-corrected chi connectivity index (χ4v) is 0.507. The number of hydrogen-bond donors (Lipinski definition) is 2.